The van der Waals surface area contributed by atoms with E-state index in [1.165, 1.54) is 0 Å². The first-order chi connectivity index (χ1) is 14.7. The van der Waals surface area contributed by atoms with Crippen LogP contribution in [-0.4, -0.2) is 52.3 Å². The van der Waals surface area contributed by atoms with Crippen molar-refractivity contribution >= 4 is 11.8 Å². The second kappa shape index (κ2) is 9.74. The van der Waals surface area contributed by atoms with E-state index in [9.17, 15) is 9.59 Å². The molecule has 2 aliphatic rings. The van der Waals surface area contributed by atoms with Gasteiger partial charge in [0.05, 0.1) is 31.2 Å². The van der Waals surface area contributed by atoms with Gasteiger partial charge in [-0.05, 0) is 49.9 Å². The maximum absolute atomic E-state index is 13.3. The number of carbonyl (C=O) groups excluding carboxylic acids is 2. The zero-order chi connectivity index (χ0) is 20.8. The number of likely N-dealkylation sites (tertiary alicyclic amines) is 1. The molecule has 6 nitrogen and oxygen atoms in total. The van der Waals surface area contributed by atoms with Gasteiger partial charge in [-0.25, -0.2) is 0 Å². The number of para-hydroxylation sites is 1. The van der Waals surface area contributed by atoms with E-state index in [2.05, 4.69) is 4.98 Å². The molecule has 0 radical (unpaired) electrons. The first kappa shape index (κ1) is 20.4. The van der Waals surface area contributed by atoms with Crippen molar-refractivity contribution in [1.82, 2.24) is 14.8 Å². The smallest absolute Gasteiger partial charge is 0.228 e. The van der Waals surface area contributed by atoms with Crippen molar-refractivity contribution < 1.29 is 14.3 Å². The number of rotatable bonds is 8. The predicted molar refractivity (Wildman–Crippen MR) is 114 cm³/mol. The molecule has 0 bridgehead atoms. The first-order valence-electron chi connectivity index (χ1n) is 10.9. The summed E-state index contributed by atoms with van der Waals surface area (Å²) in [5.74, 6) is 0.876. The largest absolute Gasteiger partial charge is 0.493 e. The van der Waals surface area contributed by atoms with Gasteiger partial charge in [0.1, 0.15) is 5.75 Å². The molecule has 1 aromatic carbocycles. The Labute approximate surface area is 177 Å². The highest BCUT2D eigenvalue weighted by Gasteiger charge is 2.38. The number of ether oxygens (including phenoxy) is 1. The van der Waals surface area contributed by atoms with Crippen LogP contribution in [-0.2, 0) is 16.1 Å². The van der Waals surface area contributed by atoms with E-state index in [0.717, 1.165) is 43.7 Å². The fraction of sp³-hybridized carbons (Fsp3) is 0.458. The third-order valence-corrected chi connectivity index (χ3v) is 5.78. The van der Waals surface area contributed by atoms with Gasteiger partial charge in [-0.1, -0.05) is 24.3 Å². The summed E-state index contributed by atoms with van der Waals surface area (Å²) < 4.78 is 5.66. The van der Waals surface area contributed by atoms with Crippen LogP contribution < -0.4 is 4.74 Å². The Hall–Kier alpha value is -2.89. The minimum Gasteiger partial charge on any atom is -0.493 e. The highest BCUT2D eigenvalue weighted by molar-refractivity contribution is 5.82. The summed E-state index contributed by atoms with van der Waals surface area (Å²) in [6.45, 7) is 2.14. The maximum Gasteiger partial charge on any atom is 0.228 e. The number of piperidine rings is 1. The number of amides is 2. The Balaban J connectivity index is 1.30. The van der Waals surface area contributed by atoms with Gasteiger partial charge < -0.3 is 14.5 Å². The predicted octanol–water partition coefficient (Wildman–Crippen LogP) is 3.28. The zero-order valence-corrected chi connectivity index (χ0v) is 17.3. The lowest BCUT2D eigenvalue weighted by molar-refractivity contribution is -0.142. The lowest BCUT2D eigenvalue weighted by Gasteiger charge is -2.35. The van der Waals surface area contributed by atoms with Gasteiger partial charge in [-0.2, -0.15) is 0 Å². The Bertz CT molecular complexity index is 839. The molecule has 30 heavy (non-hydrogen) atoms. The average molecular weight is 408 g/mol. The molecule has 2 heterocycles. The van der Waals surface area contributed by atoms with E-state index in [4.69, 9.17) is 4.74 Å². The van der Waals surface area contributed by atoms with Crippen LogP contribution in [0.4, 0.5) is 0 Å². The van der Waals surface area contributed by atoms with Crippen LogP contribution in [0.15, 0.2) is 54.7 Å². The van der Waals surface area contributed by atoms with Crippen molar-refractivity contribution in [3.63, 3.8) is 0 Å². The van der Waals surface area contributed by atoms with E-state index in [1.54, 1.807) is 6.20 Å². The molecular weight excluding hydrogens is 378 g/mol. The number of carbonyl (C=O) groups is 2. The Morgan fingerprint density at radius 3 is 2.60 bits per heavy atom. The van der Waals surface area contributed by atoms with Crippen molar-refractivity contribution in [3.05, 3.63) is 60.4 Å². The summed E-state index contributed by atoms with van der Waals surface area (Å²) in [6, 6.07) is 15.7. The third-order valence-electron chi connectivity index (χ3n) is 5.78. The highest BCUT2D eigenvalue weighted by atomic mass is 16.5. The molecule has 6 heteroatoms. The van der Waals surface area contributed by atoms with Gasteiger partial charge in [-0.15, -0.1) is 0 Å². The Morgan fingerprint density at radius 1 is 1.07 bits per heavy atom. The van der Waals surface area contributed by atoms with Gasteiger partial charge in [0, 0.05) is 25.3 Å². The van der Waals surface area contributed by atoms with Gasteiger partial charge in [0.2, 0.25) is 11.8 Å². The fourth-order valence-electron chi connectivity index (χ4n) is 4.01. The molecule has 1 unspecified atom stereocenters. The lowest BCUT2D eigenvalue weighted by Crippen LogP contribution is -2.47. The minimum atomic E-state index is -0.123. The molecule has 4 rings (SSSR count). The molecule has 0 N–H and O–H groups in total. The molecule has 1 saturated carbocycles. The summed E-state index contributed by atoms with van der Waals surface area (Å²) in [5.41, 5.74) is 0.916. The number of hydrogen-bond acceptors (Lipinski definition) is 4. The topological polar surface area (TPSA) is 62.7 Å². The Morgan fingerprint density at radius 2 is 1.87 bits per heavy atom. The van der Waals surface area contributed by atoms with Gasteiger partial charge in [-0.3, -0.25) is 14.6 Å². The lowest BCUT2D eigenvalue weighted by atomic mass is 9.96. The van der Waals surface area contributed by atoms with Gasteiger partial charge in [0.15, 0.2) is 0 Å². The van der Waals surface area contributed by atoms with E-state index < -0.39 is 0 Å². The number of pyridine rings is 1. The maximum atomic E-state index is 13.3. The average Bonchev–Trinajstić information content (AvgIpc) is 3.64. The Kier molecular flexibility index (Phi) is 6.62. The van der Waals surface area contributed by atoms with E-state index >= 15 is 0 Å². The summed E-state index contributed by atoms with van der Waals surface area (Å²) in [7, 11) is 0. The fourth-order valence-corrected chi connectivity index (χ4v) is 4.01. The number of hydrogen-bond donors (Lipinski definition) is 0. The van der Waals surface area contributed by atoms with Crippen molar-refractivity contribution in [2.75, 3.05) is 19.7 Å². The van der Waals surface area contributed by atoms with Crippen LogP contribution in [0.2, 0.25) is 0 Å². The molecule has 2 fully saturated rings. The van der Waals surface area contributed by atoms with E-state index in [-0.39, 0.29) is 17.7 Å². The van der Waals surface area contributed by atoms with Gasteiger partial charge in [0.25, 0.3) is 0 Å². The SMILES string of the molecule is O=C(CCOc1ccccc1)N1CCCC(C(=O)N(Cc2ccccn2)C2CC2)C1. The second-order valence-electron chi connectivity index (χ2n) is 8.11. The third kappa shape index (κ3) is 5.38. The zero-order valence-electron chi connectivity index (χ0n) is 17.3. The molecule has 1 aliphatic heterocycles. The molecule has 2 aromatic rings. The van der Waals surface area contributed by atoms with Crippen LogP contribution in [0.3, 0.4) is 0 Å². The van der Waals surface area contributed by atoms with Crippen LogP contribution in [0, 0.1) is 5.92 Å². The van der Waals surface area contributed by atoms with E-state index in [0.29, 0.717) is 32.2 Å². The van der Waals surface area contributed by atoms with Crippen LogP contribution in [0.1, 0.15) is 37.8 Å². The quantitative estimate of drug-likeness (QED) is 0.674. The molecule has 1 aromatic heterocycles. The molecule has 1 atom stereocenters. The number of aromatic nitrogens is 1. The van der Waals surface area contributed by atoms with E-state index in [1.807, 2.05) is 58.3 Å². The van der Waals surface area contributed by atoms with Gasteiger partial charge >= 0.3 is 0 Å². The first-order valence-corrected chi connectivity index (χ1v) is 10.9. The molecular formula is C24H29N3O3. The minimum absolute atomic E-state index is 0.0612. The second-order valence-corrected chi connectivity index (χ2v) is 8.11. The molecule has 158 valence electrons. The summed E-state index contributed by atoms with van der Waals surface area (Å²) in [6.07, 6.45) is 5.92. The van der Waals surface area contributed by atoms with Crippen molar-refractivity contribution in [2.45, 2.75) is 44.7 Å². The van der Waals surface area contributed by atoms with Crippen molar-refractivity contribution in [3.8, 4) is 5.75 Å². The summed E-state index contributed by atoms with van der Waals surface area (Å²) in [4.78, 5) is 34.2. The molecule has 1 aliphatic carbocycles. The molecule has 0 spiro atoms. The highest BCUT2D eigenvalue weighted by Crippen LogP contribution is 2.31. The van der Waals surface area contributed by atoms with Crippen LogP contribution in [0.25, 0.3) is 0 Å². The summed E-state index contributed by atoms with van der Waals surface area (Å²) >= 11 is 0. The standard InChI is InChI=1S/C24H29N3O3/c28-23(13-16-30-22-9-2-1-3-10-22)26-15-6-7-19(17-26)24(29)27(21-11-12-21)18-20-8-4-5-14-25-20/h1-5,8-10,14,19,21H,6-7,11-13,15-18H2. The van der Waals surface area contributed by atoms with Crippen molar-refractivity contribution in [1.29, 1.82) is 0 Å². The van der Waals surface area contributed by atoms with Crippen molar-refractivity contribution in [2.24, 2.45) is 5.92 Å². The summed E-state index contributed by atoms with van der Waals surface area (Å²) in [5, 5.41) is 0. The molecule has 2 amide bonds. The van der Waals surface area contributed by atoms with Crippen LogP contribution >= 0.6 is 0 Å². The molecule has 1 saturated heterocycles. The number of benzene rings is 1. The number of nitrogens with zero attached hydrogens (tertiary/aromatic N) is 3. The van der Waals surface area contributed by atoms with Crippen LogP contribution in [0.5, 0.6) is 5.75 Å². The normalized spacial score (nSPS) is 18.7. The monoisotopic (exact) mass is 407 g/mol.